The van der Waals surface area contributed by atoms with E-state index in [9.17, 15) is 4.79 Å². The number of carbonyl (C=O) groups excluding carboxylic acids is 1. The molecule has 6 heteroatoms. The Morgan fingerprint density at radius 1 is 1.44 bits per heavy atom. The second-order valence-electron chi connectivity index (χ2n) is 4.80. The number of aromatic nitrogens is 2. The first kappa shape index (κ1) is 11.7. The molecule has 0 spiro atoms. The third kappa shape index (κ3) is 2.26. The lowest BCUT2D eigenvalue weighted by Crippen LogP contribution is -2.40. The molecule has 0 radical (unpaired) electrons. The molecule has 18 heavy (non-hydrogen) atoms. The van der Waals surface area contributed by atoms with Crippen molar-refractivity contribution in [1.82, 2.24) is 14.7 Å². The molecule has 1 saturated carbocycles. The van der Waals surface area contributed by atoms with Crippen LogP contribution in [0.25, 0.3) is 4.96 Å². The minimum Gasteiger partial charge on any atom is -0.348 e. The Bertz CT molecular complexity index is 525. The Kier molecular flexibility index (Phi) is 3.05. The van der Waals surface area contributed by atoms with E-state index in [1.807, 2.05) is 16.0 Å². The number of amides is 1. The summed E-state index contributed by atoms with van der Waals surface area (Å²) in [7, 11) is 0. The van der Waals surface area contributed by atoms with E-state index in [-0.39, 0.29) is 11.9 Å². The molecule has 1 fully saturated rings. The van der Waals surface area contributed by atoms with Gasteiger partial charge in [-0.25, -0.2) is 4.98 Å². The van der Waals surface area contributed by atoms with Crippen LogP contribution in [0.1, 0.15) is 36.2 Å². The van der Waals surface area contributed by atoms with Crippen LogP contribution in [-0.2, 0) is 0 Å². The van der Waals surface area contributed by atoms with Crippen LogP contribution in [0.2, 0.25) is 0 Å². The van der Waals surface area contributed by atoms with Gasteiger partial charge in [0.1, 0.15) is 5.69 Å². The molecule has 0 bridgehead atoms. The molecule has 1 aliphatic carbocycles. The van der Waals surface area contributed by atoms with Crippen LogP contribution in [0, 0.1) is 0 Å². The predicted molar refractivity (Wildman–Crippen MR) is 70.8 cm³/mol. The summed E-state index contributed by atoms with van der Waals surface area (Å²) in [6.45, 7) is 0. The predicted octanol–water partition coefficient (Wildman–Crippen LogP) is 1.40. The van der Waals surface area contributed by atoms with Crippen LogP contribution >= 0.6 is 11.3 Å². The highest BCUT2D eigenvalue weighted by atomic mass is 32.1. The second-order valence-corrected chi connectivity index (χ2v) is 5.68. The van der Waals surface area contributed by atoms with Gasteiger partial charge in [0.15, 0.2) is 4.96 Å². The van der Waals surface area contributed by atoms with Gasteiger partial charge in [0, 0.05) is 29.9 Å². The van der Waals surface area contributed by atoms with E-state index in [0.29, 0.717) is 11.7 Å². The Hall–Kier alpha value is -1.40. The highest BCUT2D eigenvalue weighted by Gasteiger charge is 2.21. The fourth-order valence-corrected chi connectivity index (χ4v) is 3.06. The number of nitrogens with one attached hydrogen (secondary N) is 1. The van der Waals surface area contributed by atoms with Gasteiger partial charge in [-0.3, -0.25) is 9.20 Å². The molecular formula is C12H16N4OS. The summed E-state index contributed by atoms with van der Waals surface area (Å²) in [6.07, 6.45) is 7.59. The molecule has 0 aromatic carbocycles. The SMILES string of the molecule is NC1CCC(NC(=O)c2cn3ccsc3n2)CC1. The number of hydrogen-bond acceptors (Lipinski definition) is 4. The lowest BCUT2D eigenvalue weighted by Gasteiger charge is -2.26. The van der Waals surface area contributed by atoms with Crippen molar-refractivity contribution in [3.05, 3.63) is 23.5 Å². The minimum absolute atomic E-state index is 0.0774. The zero-order valence-corrected chi connectivity index (χ0v) is 10.8. The number of carbonyl (C=O) groups is 1. The summed E-state index contributed by atoms with van der Waals surface area (Å²) in [5.41, 5.74) is 6.35. The van der Waals surface area contributed by atoms with Crippen molar-refractivity contribution < 1.29 is 4.79 Å². The molecule has 96 valence electrons. The van der Waals surface area contributed by atoms with Crippen LogP contribution in [-0.4, -0.2) is 27.4 Å². The number of thiazole rings is 1. The van der Waals surface area contributed by atoms with Gasteiger partial charge >= 0.3 is 0 Å². The second kappa shape index (κ2) is 4.70. The lowest BCUT2D eigenvalue weighted by molar-refractivity contribution is 0.0921. The number of nitrogens with zero attached hydrogens (tertiary/aromatic N) is 2. The van der Waals surface area contributed by atoms with Crippen molar-refractivity contribution in [3.8, 4) is 0 Å². The first-order valence-electron chi connectivity index (χ1n) is 6.21. The van der Waals surface area contributed by atoms with Crippen LogP contribution in [0.5, 0.6) is 0 Å². The smallest absolute Gasteiger partial charge is 0.271 e. The third-order valence-electron chi connectivity index (χ3n) is 3.43. The van der Waals surface area contributed by atoms with E-state index in [1.54, 1.807) is 6.20 Å². The molecule has 2 aromatic heterocycles. The zero-order valence-electron chi connectivity index (χ0n) is 10.0. The van der Waals surface area contributed by atoms with Crippen molar-refractivity contribution in [2.45, 2.75) is 37.8 Å². The van der Waals surface area contributed by atoms with E-state index < -0.39 is 0 Å². The maximum Gasteiger partial charge on any atom is 0.271 e. The standard InChI is InChI=1S/C12H16N4OS/c13-8-1-3-9(4-2-8)14-11(17)10-7-16-5-6-18-12(16)15-10/h5-9H,1-4,13H2,(H,14,17). The van der Waals surface area contributed by atoms with E-state index in [2.05, 4.69) is 10.3 Å². The Labute approximate surface area is 109 Å². The van der Waals surface area contributed by atoms with Crippen molar-refractivity contribution in [2.24, 2.45) is 5.73 Å². The van der Waals surface area contributed by atoms with E-state index >= 15 is 0 Å². The molecule has 2 heterocycles. The number of imidazole rings is 1. The van der Waals surface area contributed by atoms with Crippen molar-refractivity contribution in [2.75, 3.05) is 0 Å². The van der Waals surface area contributed by atoms with E-state index in [0.717, 1.165) is 30.6 Å². The monoisotopic (exact) mass is 264 g/mol. The van der Waals surface area contributed by atoms with Crippen LogP contribution in [0.3, 0.4) is 0 Å². The molecular weight excluding hydrogens is 248 g/mol. The first-order chi connectivity index (χ1) is 8.72. The van der Waals surface area contributed by atoms with E-state index in [4.69, 9.17) is 5.73 Å². The molecule has 3 rings (SSSR count). The molecule has 1 aliphatic rings. The molecule has 1 amide bonds. The maximum atomic E-state index is 12.0. The Morgan fingerprint density at radius 2 is 2.22 bits per heavy atom. The average Bonchev–Trinajstić information content (AvgIpc) is 2.92. The average molecular weight is 264 g/mol. The molecule has 2 aromatic rings. The summed E-state index contributed by atoms with van der Waals surface area (Å²) in [4.78, 5) is 17.2. The molecule has 0 unspecified atom stereocenters. The van der Waals surface area contributed by atoms with E-state index in [1.165, 1.54) is 11.3 Å². The fraction of sp³-hybridized carbons (Fsp3) is 0.500. The number of hydrogen-bond donors (Lipinski definition) is 2. The molecule has 0 saturated heterocycles. The van der Waals surface area contributed by atoms with Crippen LogP contribution < -0.4 is 11.1 Å². The normalized spacial score (nSPS) is 24.3. The van der Waals surface area contributed by atoms with Gasteiger partial charge < -0.3 is 11.1 Å². The van der Waals surface area contributed by atoms with Gasteiger partial charge in [-0.05, 0) is 25.7 Å². The Morgan fingerprint density at radius 3 is 2.94 bits per heavy atom. The van der Waals surface area contributed by atoms with Gasteiger partial charge in [0.2, 0.25) is 0 Å². The van der Waals surface area contributed by atoms with Crippen molar-refractivity contribution in [3.63, 3.8) is 0 Å². The van der Waals surface area contributed by atoms with Gasteiger partial charge in [0.25, 0.3) is 5.91 Å². The summed E-state index contributed by atoms with van der Waals surface area (Å²) in [5, 5.41) is 4.99. The first-order valence-corrected chi connectivity index (χ1v) is 7.09. The Balaban J connectivity index is 1.66. The van der Waals surface area contributed by atoms with Gasteiger partial charge in [-0.1, -0.05) is 0 Å². The van der Waals surface area contributed by atoms with Gasteiger partial charge in [-0.2, -0.15) is 0 Å². The summed E-state index contributed by atoms with van der Waals surface area (Å²) in [5.74, 6) is -0.0774. The third-order valence-corrected chi connectivity index (χ3v) is 4.20. The van der Waals surface area contributed by atoms with Gasteiger partial charge in [0.05, 0.1) is 0 Å². The largest absolute Gasteiger partial charge is 0.348 e. The highest BCUT2D eigenvalue weighted by Crippen LogP contribution is 2.18. The molecule has 3 N–H and O–H groups in total. The lowest BCUT2D eigenvalue weighted by atomic mass is 9.92. The fourth-order valence-electron chi connectivity index (χ4n) is 2.36. The number of fused-ring (bicyclic) bond motifs is 1. The molecule has 0 atom stereocenters. The number of nitrogens with two attached hydrogens (primary N) is 1. The van der Waals surface area contributed by atoms with Crippen LogP contribution in [0.15, 0.2) is 17.8 Å². The van der Waals surface area contributed by atoms with Crippen molar-refractivity contribution >= 4 is 22.2 Å². The highest BCUT2D eigenvalue weighted by molar-refractivity contribution is 7.15. The number of rotatable bonds is 2. The zero-order chi connectivity index (χ0) is 12.5. The quantitative estimate of drug-likeness (QED) is 0.861. The maximum absolute atomic E-state index is 12.0. The van der Waals surface area contributed by atoms with Crippen LogP contribution in [0.4, 0.5) is 0 Å². The summed E-state index contributed by atoms with van der Waals surface area (Å²) in [6, 6.07) is 0.549. The molecule has 5 nitrogen and oxygen atoms in total. The molecule has 0 aliphatic heterocycles. The topological polar surface area (TPSA) is 72.4 Å². The van der Waals surface area contributed by atoms with Crippen molar-refractivity contribution in [1.29, 1.82) is 0 Å². The minimum atomic E-state index is -0.0774. The van der Waals surface area contributed by atoms with Gasteiger partial charge in [-0.15, -0.1) is 11.3 Å². The summed E-state index contributed by atoms with van der Waals surface area (Å²) >= 11 is 1.53. The summed E-state index contributed by atoms with van der Waals surface area (Å²) < 4.78 is 1.87.